The molecule has 5 rings (SSSR count). The van der Waals surface area contributed by atoms with E-state index in [1.165, 1.54) is 11.3 Å². The first-order valence-electron chi connectivity index (χ1n) is 9.94. The van der Waals surface area contributed by atoms with Crippen LogP contribution in [-0.4, -0.2) is 38.9 Å². The van der Waals surface area contributed by atoms with Crippen LogP contribution in [0.5, 0.6) is 11.5 Å². The van der Waals surface area contributed by atoms with Gasteiger partial charge in [0.15, 0.2) is 27.2 Å². The second-order valence-corrected chi connectivity index (χ2v) is 8.50. The van der Waals surface area contributed by atoms with Crippen LogP contribution in [0.2, 0.25) is 0 Å². The van der Waals surface area contributed by atoms with Crippen LogP contribution in [0.3, 0.4) is 0 Å². The van der Waals surface area contributed by atoms with E-state index in [-0.39, 0.29) is 12.5 Å². The number of hydrogen-bond donors (Lipinski definition) is 2. The third kappa shape index (κ3) is 4.14. The Kier molecular flexibility index (Phi) is 5.46. The molecule has 4 aromatic rings. The van der Waals surface area contributed by atoms with Crippen LogP contribution >= 0.6 is 23.6 Å². The molecule has 0 aliphatic carbocycles. The number of rotatable bonds is 5. The van der Waals surface area contributed by atoms with Gasteiger partial charge >= 0.3 is 0 Å². The summed E-state index contributed by atoms with van der Waals surface area (Å²) < 4.78 is 13.3. The molecule has 3 heterocycles. The summed E-state index contributed by atoms with van der Waals surface area (Å²) >= 11 is 6.69. The minimum atomic E-state index is -0.237. The molecule has 0 atom stereocenters. The van der Waals surface area contributed by atoms with Crippen molar-refractivity contribution in [3.63, 3.8) is 0 Å². The summed E-state index contributed by atoms with van der Waals surface area (Å²) in [5.74, 6) is 1.81. The van der Waals surface area contributed by atoms with E-state index in [4.69, 9.17) is 21.7 Å². The standard InChI is InChI=1S/C22H19N5O3S2/c1-13-3-2-4-15(9-13)20-25-26-22(31)27(20)11-19(28)24-21-23-16(12-32-21)14-5-6-17-18(10-14)30-8-7-29-17/h2-6,9-10,12H,7-8,11H2,1H3,(H,26,31)(H,23,24,28). The minimum Gasteiger partial charge on any atom is -0.486 e. The highest BCUT2D eigenvalue weighted by molar-refractivity contribution is 7.71. The van der Waals surface area contributed by atoms with Crippen molar-refractivity contribution < 1.29 is 14.3 Å². The summed E-state index contributed by atoms with van der Waals surface area (Å²) in [4.78, 5) is 17.3. The molecule has 2 N–H and O–H groups in total. The predicted octanol–water partition coefficient (Wildman–Crippen LogP) is 4.45. The largest absolute Gasteiger partial charge is 0.486 e. The number of H-pyrrole nitrogens is 1. The van der Waals surface area contributed by atoms with Gasteiger partial charge in [0.2, 0.25) is 5.91 Å². The SMILES string of the molecule is Cc1cccc(-c2n[nH]c(=S)n2CC(=O)Nc2nc(-c3ccc4c(c3)OCCO4)cs2)c1. The van der Waals surface area contributed by atoms with Crippen LogP contribution in [0.15, 0.2) is 47.8 Å². The van der Waals surface area contributed by atoms with Crippen LogP contribution in [0.25, 0.3) is 22.6 Å². The number of fused-ring (bicyclic) bond motifs is 1. The molecule has 1 amide bonds. The summed E-state index contributed by atoms with van der Waals surface area (Å²) in [6.07, 6.45) is 0. The molecule has 0 saturated heterocycles. The van der Waals surface area contributed by atoms with Crippen molar-refractivity contribution >= 4 is 34.6 Å². The van der Waals surface area contributed by atoms with E-state index >= 15 is 0 Å². The van der Waals surface area contributed by atoms with Crippen molar-refractivity contribution in [1.82, 2.24) is 19.7 Å². The third-order valence-corrected chi connectivity index (χ3v) is 5.99. The average molecular weight is 466 g/mol. The van der Waals surface area contributed by atoms with Gasteiger partial charge in [0.05, 0.1) is 5.69 Å². The Morgan fingerprint density at radius 2 is 2.03 bits per heavy atom. The van der Waals surface area contributed by atoms with Gasteiger partial charge < -0.3 is 14.8 Å². The Balaban J connectivity index is 1.32. The van der Waals surface area contributed by atoms with Crippen LogP contribution in [-0.2, 0) is 11.3 Å². The summed E-state index contributed by atoms with van der Waals surface area (Å²) in [6.45, 7) is 3.10. The van der Waals surface area contributed by atoms with E-state index in [1.54, 1.807) is 4.57 Å². The maximum atomic E-state index is 12.7. The number of carbonyl (C=O) groups is 1. The van der Waals surface area contributed by atoms with Crippen molar-refractivity contribution in [3.8, 4) is 34.1 Å². The van der Waals surface area contributed by atoms with Gasteiger partial charge in [-0.25, -0.2) is 4.98 Å². The molecule has 2 aromatic carbocycles. The van der Waals surface area contributed by atoms with E-state index in [0.29, 0.717) is 34.7 Å². The number of aromatic nitrogens is 4. The Labute approximate surface area is 192 Å². The fourth-order valence-corrected chi connectivity index (χ4v) is 4.37. The number of aromatic amines is 1. The molecule has 1 aliphatic rings. The summed E-state index contributed by atoms with van der Waals surface area (Å²) in [7, 11) is 0. The zero-order valence-electron chi connectivity index (χ0n) is 17.1. The highest BCUT2D eigenvalue weighted by Crippen LogP contribution is 2.35. The Morgan fingerprint density at radius 1 is 1.19 bits per heavy atom. The van der Waals surface area contributed by atoms with Crippen molar-refractivity contribution in [2.24, 2.45) is 0 Å². The number of amides is 1. The smallest absolute Gasteiger partial charge is 0.246 e. The van der Waals surface area contributed by atoms with Gasteiger partial charge in [-0.2, -0.15) is 5.10 Å². The van der Waals surface area contributed by atoms with Crippen molar-refractivity contribution in [1.29, 1.82) is 0 Å². The second-order valence-electron chi connectivity index (χ2n) is 7.25. The lowest BCUT2D eigenvalue weighted by atomic mass is 10.1. The van der Waals surface area contributed by atoms with Gasteiger partial charge in [0, 0.05) is 16.5 Å². The number of hydrogen-bond acceptors (Lipinski definition) is 7. The van der Waals surface area contributed by atoms with Crippen molar-refractivity contribution in [2.45, 2.75) is 13.5 Å². The zero-order chi connectivity index (χ0) is 22.1. The number of anilines is 1. The maximum Gasteiger partial charge on any atom is 0.246 e. The lowest BCUT2D eigenvalue weighted by Crippen LogP contribution is -2.19. The summed E-state index contributed by atoms with van der Waals surface area (Å²) in [5, 5.41) is 12.3. The molecule has 8 nitrogen and oxygen atoms in total. The molecule has 0 fully saturated rings. The van der Waals surface area contributed by atoms with Crippen molar-refractivity contribution in [3.05, 3.63) is 58.2 Å². The number of ether oxygens (including phenoxy) is 2. The quantitative estimate of drug-likeness (QED) is 0.423. The number of nitrogens with one attached hydrogen (secondary N) is 2. The first kappa shape index (κ1) is 20.4. The highest BCUT2D eigenvalue weighted by Gasteiger charge is 2.16. The number of thiazole rings is 1. The Hall–Kier alpha value is -3.50. The van der Waals surface area contributed by atoms with Gasteiger partial charge in [0.25, 0.3) is 0 Å². The molecular formula is C22H19N5O3S2. The average Bonchev–Trinajstić information content (AvgIpc) is 3.40. The topological polar surface area (TPSA) is 94.1 Å². The van der Waals surface area contributed by atoms with E-state index < -0.39 is 0 Å². The summed E-state index contributed by atoms with van der Waals surface area (Å²) in [6, 6.07) is 13.6. The molecule has 0 radical (unpaired) electrons. The molecule has 0 unspecified atom stereocenters. The predicted molar refractivity (Wildman–Crippen MR) is 125 cm³/mol. The number of carbonyl (C=O) groups excluding carboxylic acids is 1. The number of nitrogens with zero attached hydrogens (tertiary/aromatic N) is 3. The second kappa shape index (κ2) is 8.56. The van der Waals surface area contributed by atoms with Crippen LogP contribution in [0.1, 0.15) is 5.56 Å². The van der Waals surface area contributed by atoms with E-state index in [1.807, 2.05) is 54.8 Å². The molecule has 32 heavy (non-hydrogen) atoms. The van der Waals surface area contributed by atoms with E-state index in [0.717, 1.165) is 28.1 Å². The van der Waals surface area contributed by atoms with Gasteiger partial charge in [-0.1, -0.05) is 23.8 Å². The molecular weight excluding hydrogens is 446 g/mol. The van der Waals surface area contributed by atoms with Crippen LogP contribution in [0, 0.1) is 11.7 Å². The first-order valence-corrected chi connectivity index (χ1v) is 11.2. The normalized spacial score (nSPS) is 12.5. The van der Waals surface area contributed by atoms with Crippen LogP contribution < -0.4 is 14.8 Å². The first-order chi connectivity index (χ1) is 15.6. The molecule has 2 aromatic heterocycles. The summed E-state index contributed by atoms with van der Waals surface area (Å²) in [5.41, 5.74) is 3.63. The lowest BCUT2D eigenvalue weighted by Gasteiger charge is -2.18. The van der Waals surface area contributed by atoms with E-state index in [2.05, 4.69) is 20.5 Å². The third-order valence-electron chi connectivity index (χ3n) is 4.92. The minimum absolute atomic E-state index is 0.0253. The Morgan fingerprint density at radius 3 is 2.88 bits per heavy atom. The zero-order valence-corrected chi connectivity index (χ0v) is 18.8. The maximum absolute atomic E-state index is 12.7. The van der Waals surface area contributed by atoms with Gasteiger partial charge in [-0.3, -0.25) is 14.5 Å². The molecule has 0 saturated carbocycles. The Bertz CT molecular complexity index is 1360. The van der Waals surface area contributed by atoms with Gasteiger partial charge in [-0.05, 0) is 43.4 Å². The van der Waals surface area contributed by atoms with Gasteiger partial charge in [-0.15, -0.1) is 11.3 Å². The number of aryl methyl sites for hydroxylation is 1. The molecule has 1 aliphatic heterocycles. The molecule has 162 valence electrons. The monoisotopic (exact) mass is 465 g/mol. The highest BCUT2D eigenvalue weighted by atomic mass is 32.1. The molecule has 0 spiro atoms. The lowest BCUT2D eigenvalue weighted by molar-refractivity contribution is -0.116. The van der Waals surface area contributed by atoms with Gasteiger partial charge in [0.1, 0.15) is 19.8 Å². The molecule has 0 bridgehead atoms. The van der Waals surface area contributed by atoms with Crippen LogP contribution in [0.4, 0.5) is 5.13 Å². The number of benzene rings is 2. The van der Waals surface area contributed by atoms with E-state index in [9.17, 15) is 4.79 Å². The fraction of sp³-hybridized carbons (Fsp3) is 0.182. The van der Waals surface area contributed by atoms with Crippen molar-refractivity contribution in [2.75, 3.05) is 18.5 Å². The molecule has 10 heteroatoms. The fourth-order valence-electron chi connectivity index (χ4n) is 3.44.